The average Bonchev–Trinajstić information content (AvgIpc) is 1.84. The monoisotopic (exact) mass is 242 g/mol. The van der Waals surface area contributed by atoms with E-state index in [1.165, 1.54) is 0 Å². The van der Waals surface area contributed by atoms with E-state index in [1.807, 2.05) is 0 Å². The molecule has 0 N–H and O–H groups in total. The molecule has 0 aliphatic heterocycles. The van der Waals surface area contributed by atoms with Crippen LogP contribution in [0.15, 0.2) is 0 Å². The first-order chi connectivity index (χ1) is 5.20. The third-order valence-corrected chi connectivity index (χ3v) is 2.54. The van der Waals surface area contributed by atoms with Crippen LogP contribution in [0.3, 0.4) is 0 Å². The fraction of sp³-hybridized carbons (Fsp3) is 1.00. The molecule has 0 aliphatic carbocycles. The lowest BCUT2D eigenvalue weighted by atomic mass is 10.2. The van der Waals surface area contributed by atoms with Crippen molar-refractivity contribution in [2.75, 3.05) is 0 Å². The van der Waals surface area contributed by atoms with Crippen molar-refractivity contribution in [3.05, 3.63) is 0 Å². The summed E-state index contributed by atoms with van der Waals surface area (Å²) in [6, 6.07) is 0. The smallest absolute Gasteiger partial charge is 0.168 e. The molecule has 0 bridgehead atoms. The number of halogens is 6. The van der Waals surface area contributed by atoms with Crippen molar-refractivity contribution in [1.82, 2.24) is 0 Å². The second-order valence-electron chi connectivity index (χ2n) is 2.41. The highest BCUT2D eigenvalue weighted by Gasteiger charge is 2.53. The van der Waals surface area contributed by atoms with Crippen LogP contribution in [0.2, 0.25) is 0 Å². The van der Waals surface area contributed by atoms with Crippen molar-refractivity contribution < 1.29 is 13.2 Å². The SMILES string of the molecule is CCC(Cl)CC(Cl)(Cl)C(F)(F)F. The topological polar surface area (TPSA) is 0 Å². The summed E-state index contributed by atoms with van der Waals surface area (Å²) in [7, 11) is 0. The van der Waals surface area contributed by atoms with Crippen molar-refractivity contribution in [1.29, 1.82) is 0 Å². The molecule has 12 heavy (non-hydrogen) atoms. The van der Waals surface area contributed by atoms with Gasteiger partial charge in [-0.1, -0.05) is 30.1 Å². The van der Waals surface area contributed by atoms with Gasteiger partial charge in [0.25, 0.3) is 0 Å². The number of hydrogen-bond acceptors (Lipinski definition) is 0. The molecule has 0 rings (SSSR count). The molecule has 0 radical (unpaired) electrons. The molecule has 0 aromatic heterocycles. The number of alkyl halides is 6. The maximum atomic E-state index is 12.0. The Labute approximate surface area is 84.0 Å². The van der Waals surface area contributed by atoms with Crippen LogP contribution in [-0.4, -0.2) is 15.9 Å². The first kappa shape index (κ1) is 12.7. The molecule has 0 saturated heterocycles. The molecule has 1 unspecified atom stereocenters. The van der Waals surface area contributed by atoms with Crippen molar-refractivity contribution in [3.8, 4) is 0 Å². The van der Waals surface area contributed by atoms with E-state index in [2.05, 4.69) is 0 Å². The van der Waals surface area contributed by atoms with Crippen molar-refractivity contribution in [2.45, 2.75) is 35.7 Å². The first-order valence-electron chi connectivity index (χ1n) is 3.29. The van der Waals surface area contributed by atoms with Gasteiger partial charge in [0.1, 0.15) is 0 Å². The largest absolute Gasteiger partial charge is 0.421 e. The van der Waals surface area contributed by atoms with Gasteiger partial charge in [0.05, 0.1) is 0 Å². The van der Waals surface area contributed by atoms with E-state index in [-0.39, 0.29) is 0 Å². The Kier molecular flexibility index (Phi) is 4.48. The summed E-state index contributed by atoms with van der Waals surface area (Å²) in [6.45, 7) is 1.66. The fourth-order valence-corrected chi connectivity index (χ4v) is 1.30. The number of rotatable bonds is 3. The molecule has 0 fully saturated rings. The standard InChI is InChI=1S/C6H8Cl3F3/c1-2-4(7)3-5(8,9)6(10,11)12/h4H,2-3H2,1H3. The minimum absolute atomic E-state index is 0.402. The molecule has 0 amide bonds. The highest BCUT2D eigenvalue weighted by Crippen LogP contribution is 2.44. The van der Waals surface area contributed by atoms with Gasteiger partial charge in [-0.3, -0.25) is 0 Å². The Bertz CT molecular complexity index is 143. The minimum atomic E-state index is -4.63. The molecule has 0 nitrogen and oxygen atoms in total. The second-order valence-corrected chi connectivity index (χ2v) is 4.51. The predicted octanol–water partition coefficient (Wildman–Crippen LogP) is 4.13. The van der Waals surface area contributed by atoms with E-state index in [4.69, 9.17) is 34.8 Å². The number of hydrogen-bond donors (Lipinski definition) is 0. The average molecular weight is 243 g/mol. The minimum Gasteiger partial charge on any atom is -0.168 e. The van der Waals surface area contributed by atoms with Gasteiger partial charge < -0.3 is 0 Å². The zero-order valence-corrected chi connectivity index (χ0v) is 8.53. The Hall–Kier alpha value is 0.660. The van der Waals surface area contributed by atoms with Crippen molar-refractivity contribution in [2.24, 2.45) is 0 Å². The van der Waals surface area contributed by atoms with Crippen LogP contribution in [0, 0.1) is 0 Å². The van der Waals surface area contributed by atoms with Crippen molar-refractivity contribution >= 4 is 34.8 Å². The molecule has 1 atom stereocenters. The third-order valence-electron chi connectivity index (χ3n) is 1.34. The van der Waals surface area contributed by atoms with Crippen LogP contribution in [0.25, 0.3) is 0 Å². The molecular formula is C6H8Cl3F3. The highest BCUT2D eigenvalue weighted by atomic mass is 35.5. The fourth-order valence-electron chi connectivity index (χ4n) is 0.538. The molecule has 74 valence electrons. The van der Waals surface area contributed by atoms with Crippen LogP contribution in [0.5, 0.6) is 0 Å². The van der Waals surface area contributed by atoms with E-state index in [0.29, 0.717) is 6.42 Å². The summed E-state index contributed by atoms with van der Waals surface area (Å²) in [5.74, 6) is 0. The van der Waals surface area contributed by atoms with Gasteiger partial charge in [0.2, 0.25) is 4.33 Å². The molecule has 0 heterocycles. The van der Waals surface area contributed by atoms with E-state index in [9.17, 15) is 13.2 Å². The molecule has 6 heteroatoms. The van der Waals surface area contributed by atoms with Crippen LogP contribution in [-0.2, 0) is 0 Å². The van der Waals surface area contributed by atoms with Crippen LogP contribution < -0.4 is 0 Å². The summed E-state index contributed by atoms with van der Waals surface area (Å²) >= 11 is 15.6. The first-order valence-corrected chi connectivity index (χ1v) is 4.48. The van der Waals surface area contributed by atoms with Crippen LogP contribution >= 0.6 is 34.8 Å². The lowest BCUT2D eigenvalue weighted by molar-refractivity contribution is -0.142. The summed E-state index contributed by atoms with van der Waals surface area (Å²) in [5.41, 5.74) is 0. The van der Waals surface area contributed by atoms with Gasteiger partial charge in [-0.05, 0) is 6.42 Å². The Morgan fingerprint density at radius 2 is 1.67 bits per heavy atom. The Morgan fingerprint density at radius 3 is 1.92 bits per heavy atom. The van der Waals surface area contributed by atoms with Crippen LogP contribution in [0.1, 0.15) is 19.8 Å². The molecule has 0 aromatic rings. The maximum Gasteiger partial charge on any atom is 0.421 e. The van der Waals surface area contributed by atoms with Crippen molar-refractivity contribution in [3.63, 3.8) is 0 Å². The van der Waals surface area contributed by atoms with Gasteiger partial charge in [-0.25, -0.2) is 0 Å². The lowest BCUT2D eigenvalue weighted by Gasteiger charge is -2.24. The Balaban J connectivity index is 4.22. The zero-order valence-electron chi connectivity index (χ0n) is 6.26. The van der Waals surface area contributed by atoms with E-state index < -0.39 is 22.3 Å². The predicted molar refractivity (Wildman–Crippen MR) is 45.0 cm³/mol. The zero-order chi connectivity index (χ0) is 9.99. The van der Waals surface area contributed by atoms with Gasteiger partial charge in [0.15, 0.2) is 0 Å². The van der Waals surface area contributed by atoms with E-state index in [0.717, 1.165) is 0 Å². The highest BCUT2D eigenvalue weighted by molar-refractivity contribution is 6.49. The molecule has 0 aromatic carbocycles. The third kappa shape index (κ3) is 3.58. The Morgan fingerprint density at radius 1 is 1.25 bits per heavy atom. The van der Waals surface area contributed by atoms with Gasteiger partial charge in [0, 0.05) is 11.8 Å². The molecule has 0 saturated carbocycles. The summed E-state index contributed by atoms with van der Waals surface area (Å²) < 4.78 is 33.3. The summed E-state index contributed by atoms with van der Waals surface area (Å²) in [6.07, 6.45) is -4.71. The molecular weight excluding hydrogens is 235 g/mol. The van der Waals surface area contributed by atoms with Crippen LogP contribution in [0.4, 0.5) is 13.2 Å². The lowest BCUT2D eigenvalue weighted by Crippen LogP contribution is -2.36. The quantitative estimate of drug-likeness (QED) is 0.654. The summed E-state index contributed by atoms with van der Waals surface area (Å²) in [4.78, 5) is 0. The molecule has 0 spiro atoms. The maximum absolute atomic E-state index is 12.0. The van der Waals surface area contributed by atoms with Gasteiger partial charge in [-0.15, -0.1) is 11.6 Å². The van der Waals surface area contributed by atoms with Gasteiger partial charge in [-0.2, -0.15) is 13.2 Å². The van der Waals surface area contributed by atoms with Gasteiger partial charge >= 0.3 is 6.18 Å². The van der Waals surface area contributed by atoms with E-state index >= 15 is 0 Å². The second kappa shape index (κ2) is 4.25. The molecule has 0 aliphatic rings. The van der Waals surface area contributed by atoms with E-state index in [1.54, 1.807) is 6.92 Å². The summed E-state index contributed by atoms with van der Waals surface area (Å²) in [5, 5.41) is -0.651. The normalized spacial score (nSPS) is 16.2.